The number of β-amino-alcohol motifs (C(OH)–C–C–N with tert-alkyl or cyclic N) is 1. The minimum Gasteiger partial charge on any atom is -0.443 e. The molecule has 0 spiro atoms. The molecule has 5 rings (SSSR count). The molecule has 0 radical (unpaired) electrons. The van der Waals surface area contributed by atoms with E-state index in [9.17, 15) is 20.0 Å². The molecule has 2 aromatic heterocycles. The molecular formula is C27H27FN6O4. The number of aromatic nitrogens is 3. The average Bonchev–Trinajstić information content (AvgIpc) is 3.54. The quantitative estimate of drug-likeness (QED) is 0.548. The number of rotatable bonds is 3. The Balaban J connectivity index is 1.68. The van der Waals surface area contributed by atoms with Crippen molar-refractivity contribution in [1.82, 2.24) is 19.7 Å². The fourth-order valence-electron chi connectivity index (χ4n) is 4.10. The third-order valence-corrected chi connectivity index (χ3v) is 5.69. The van der Waals surface area contributed by atoms with Gasteiger partial charge >= 0.3 is 6.09 Å². The van der Waals surface area contributed by atoms with E-state index in [1.165, 1.54) is 24.4 Å². The van der Waals surface area contributed by atoms with Crippen molar-refractivity contribution in [2.45, 2.75) is 51.8 Å². The number of aliphatic hydroxyl groups is 1. The summed E-state index contributed by atoms with van der Waals surface area (Å²) in [6.45, 7) is -4.77. The molecule has 0 aliphatic carbocycles. The number of carbonyl (C=O) groups is 2. The normalized spacial score (nSPS) is 24.7. The van der Waals surface area contributed by atoms with Gasteiger partial charge in [-0.25, -0.2) is 23.8 Å². The number of hydrogen-bond donors (Lipinski definition) is 1. The van der Waals surface area contributed by atoms with Gasteiger partial charge in [0.05, 0.1) is 54.7 Å². The number of hydrogen-bond acceptors (Lipinski definition) is 8. The number of carbonyl (C=O) groups excluding carboxylic acids is 2. The lowest BCUT2D eigenvalue weighted by molar-refractivity contribution is 0.0247. The zero-order valence-corrected chi connectivity index (χ0v) is 20.6. The highest BCUT2D eigenvalue weighted by molar-refractivity contribution is 6.08. The van der Waals surface area contributed by atoms with Gasteiger partial charge in [0.15, 0.2) is 5.82 Å². The van der Waals surface area contributed by atoms with Gasteiger partial charge in [0.1, 0.15) is 11.4 Å². The maximum absolute atomic E-state index is 15.1. The maximum Gasteiger partial charge on any atom is 0.417 e. The molecule has 1 fully saturated rings. The summed E-state index contributed by atoms with van der Waals surface area (Å²) < 4.78 is 78.3. The Hall–Kier alpha value is -4.30. The van der Waals surface area contributed by atoms with Crippen LogP contribution in [0, 0.1) is 17.1 Å². The highest BCUT2D eigenvalue weighted by atomic mass is 19.1. The van der Waals surface area contributed by atoms with Crippen molar-refractivity contribution in [1.29, 1.82) is 5.26 Å². The Morgan fingerprint density at radius 1 is 1.34 bits per heavy atom. The van der Waals surface area contributed by atoms with Crippen molar-refractivity contribution in [3.63, 3.8) is 0 Å². The number of ether oxygens (including phenoxy) is 1. The Kier molecular flexibility index (Phi) is 4.23. The molecule has 0 bridgehead atoms. The number of anilines is 1. The molecule has 1 saturated heterocycles. The van der Waals surface area contributed by atoms with Gasteiger partial charge in [-0.05, 0) is 52.2 Å². The largest absolute Gasteiger partial charge is 0.443 e. The van der Waals surface area contributed by atoms with Gasteiger partial charge in [0.2, 0.25) is 0 Å². The molecule has 11 heteroatoms. The first-order valence-corrected chi connectivity index (χ1v) is 11.5. The number of fused-ring (bicyclic) bond motifs is 1. The first kappa shape index (κ1) is 18.0. The number of pyridine rings is 1. The highest BCUT2D eigenvalue weighted by Gasteiger charge is 2.39. The molecule has 1 aromatic carbocycles. The number of amides is 2. The first-order chi connectivity index (χ1) is 20.6. The third kappa shape index (κ3) is 4.59. The van der Waals surface area contributed by atoms with Crippen molar-refractivity contribution in [3.05, 3.63) is 59.2 Å². The second-order valence-corrected chi connectivity index (χ2v) is 9.76. The van der Waals surface area contributed by atoms with E-state index in [1.54, 1.807) is 20.8 Å². The first-order valence-electron chi connectivity index (χ1n) is 15.0. The average molecular weight is 526 g/mol. The summed E-state index contributed by atoms with van der Waals surface area (Å²) in [6, 6.07) is 8.07. The Bertz CT molecular complexity index is 1780. The molecule has 1 atom stereocenters. The minimum absolute atomic E-state index is 0.00571. The third-order valence-electron chi connectivity index (χ3n) is 5.69. The number of nitrogens with zero attached hydrogens (tertiary/aromatic N) is 6. The van der Waals surface area contributed by atoms with Crippen LogP contribution in [0.25, 0.3) is 16.9 Å². The van der Waals surface area contributed by atoms with E-state index in [1.807, 2.05) is 6.07 Å². The van der Waals surface area contributed by atoms with Crippen molar-refractivity contribution in [2.24, 2.45) is 0 Å². The second kappa shape index (κ2) is 8.92. The standard InChI is InChI=1S/C27H27FN6O4/c1-26(2,3)38-25(36)33-14-19-23(24(33)35)20(12-18(30-19)22-16(13-29)6-5-7-17(22)28)34-10-8-21(31-34)32-11-9-27(4,37)15-32/h5-8,10,12,37H,9,11,14-15H2,1-4H3/i4D3,11D2,15D2. The van der Waals surface area contributed by atoms with Gasteiger partial charge in [-0.2, -0.15) is 10.4 Å². The van der Waals surface area contributed by atoms with Gasteiger partial charge in [0, 0.05) is 32.1 Å². The summed E-state index contributed by atoms with van der Waals surface area (Å²) in [5.41, 5.74) is -4.68. The van der Waals surface area contributed by atoms with Crippen LogP contribution < -0.4 is 4.90 Å². The fourth-order valence-corrected chi connectivity index (χ4v) is 4.10. The lowest BCUT2D eigenvalue weighted by Gasteiger charge is -2.23. The van der Waals surface area contributed by atoms with Crippen LogP contribution in [0.3, 0.4) is 0 Å². The number of halogens is 1. The molecule has 10 nitrogen and oxygen atoms in total. The van der Waals surface area contributed by atoms with Crippen LogP contribution in [0.5, 0.6) is 0 Å². The van der Waals surface area contributed by atoms with Crippen molar-refractivity contribution in [3.8, 4) is 23.0 Å². The van der Waals surface area contributed by atoms with Gasteiger partial charge in [0.25, 0.3) is 5.91 Å². The molecule has 1 N–H and O–H groups in total. The van der Waals surface area contributed by atoms with Crippen LogP contribution in [0.1, 0.15) is 65.3 Å². The smallest absolute Gasteiger partial charge is 0.417 e. The molecule has 2 aliphatic rings. The lowest BCUT2D eigenvalue weighted by atomic mass is 10.0. The summed E-state index contributed by atoms with van der Waals surface area (Å²) >= 11 is 0. The molecule has 3 aromatic rings. The lowest BCUT2D eigenvalue weighted by Crippen LogP contribution is -2.37. The molecule has 38 heavy (non-hydrogen) atoms. The van der Waals surface area contributed by atoms with E-state index in [0.29, 0.717) is 4.90 Å². The van der Waals surface area contributed by atoms with Crippen molar-refractivity contribution >= 4 is 17.8 Å². The molecule has 196 valence electrons. The van der Waals surface area contributed by atoms with Gasteiger partial charge in [-0.3, -0.25) is 4.79 Å². The van der Waals surface area contributed by atoms with E-state index in [0.717, 1.165) is 21.7 Å². The zero-order chi connectivity index (χ0) is 33.5. The molecule has 1 unspecified atom stereocenters. The Labute approximate surface area is 228 Å². The summed E-state index contributed by atoms with van der Waals surface area (Å²) in [7, 11) is 0. The van der Waals surface area contributed by atoms with E-state index >= 15 is 4.39 Å². The fraction of sp³-hybridized carbons (Fsp3) is 0.370. The van der Waals surface area contributed by atoms with Crippen LogP contribution in [0.2, 0.25) is 0 Å². The highest BCUT2D eigenvalue weighted by Crippen LogP contribution is 2.35. The summed E-state index contributed by atoms with van der Waals surface area (Å²) in [5, 5.41) is 24.8. The number of nitriles is 1. The summed E-state index contributed by atoms with van der Waals surface area (Å²) in [4.78, 5) is 32.1. The number of imide groups is 1. The van der Waals surface area contributed by atoms with Crippen molar-refractivity contribution < 1.29 is 33.4 Å². The predicted octanol–water partition coefficient (Wildman–Crippen LogP) is 3.80. The Morgan fingerprint density at radius 2 is 2.13 bits per heavy atom. The Morgan fingerprint density at radius 3 is 2.82 bits per heavy atom. The number of benzene rings is 1. The van der Waals surface area contributed by atoms with E-state index in [2.05, 4.69) is 10.1 Å². The molecule has 2 aliphatic heterocycles. The van der Waals surface area contributed by atoms with Crippen molar-refractivity contribution in [2.75, 3.05) is 17.9 Å². The van der Waals surface area contributed by atoms with E-state index in [4.69, 9.17) is 14.3 Å². The van der Waals surface area contributed by atoms with Crippen LogP contribution in [0.4, 0.5) is 15.0 Å². The summed E-state index contributed by atoms with van der Waals surface area (Å²) in [5.74, 6) is -2.08. The summed E-state index contributed by atoms with van der Waals surface area (Å²) in [6.07, 6.45) is -0.882. The molecule has 0 saturated carbocycles. The minimum atomic E-state index is -3.31. The molecular weight excluding hydrogens is 491 g/mol. The SMILES string of the molecule is [2H]C1([2H])CC(O)(C([2H])([2H])[2H])C([2H])([2H])N1c1ccn(-c2cc(-c3c(F)cccc3C#N)nc3c2C(=O)N(C(=O)OC(C)(C)C)C3)n1. The van der Waals surface area contributed by atoms with Gasteiger partial charge in [-0.1, -0.05) is 6.07 Å². The van der Waals surface area contributed by atoms with Crippen LogP contribution in [-0.2, 0) is 11.3 Å². The van der Waals surface area contributed by atoms with Gasteiger partial charge < -0.3 is 14.7 Å². The zero-order valence-electron chi connectivity index (χ0n) is 27.6. The predicted molar refractivity (Wildman–Crippen MR) is 135 cm³/mol. The van der Waals surface area contributed by atoms with Crippen LogP contribution in [-0.4, -0.2) is 61.0 Å². The van der Waals surface area contributed by atoms with E-state index in [-0.39, 0.29) is 40.3 Å². The maximum atomic E-state index is 15.1. The van der Waals surface area contributed by atoms with Crippen LogP contribution in [0.15, 0.2) is 36.5 Å². The van der Waals surface area contributed by atoms with Gasteiger partial charge in [-0.15, -0.1) is 0 Å². The monoisotopic (exact) mass is 525 g/mol. The van der Waals surface area contributed by atoms with E-state index < -0.39 is 61.1 Å². The molecule has 4 heterocycles. The topological polar surface area (TPSA) is 125 Å². The second-order valence-electron chi connectivity index (χ2n) is 9.76. The van der Waals surface area contributed by atoms with Crippen LogP contribution >= 0.6 is 0 Å². The molecule has 2 amide bonds.